The molecule has 2 aliphatic heterocycles. The van der Waals surface area contributed by atoms with Crippen molar-refractivity contribution >= 4 is 65.6 Å². The van der Waals surface area contributed by atoms with Crippen molar-refractivity contribution in [3.8, 4) is 27.9 Å². The number of rotatable bonds is 1. The van der Waals surface area contributed by atoms with Crippen molar-refractivity contribution in [1.29, 1.82) is 0 Å². The molecular weight excluding hydrogens is 537 g/mol. The molecule has 0 spiro atoms. The van der Waals surface area contributed by atoms with Crippen LogP contribution in [0, 0.1) is 0 Å². The zero-order chi connectivity index (χ0) is 29.4. The maximum atomic E-state index is 2.52. The highest BCUT2D eigenvalue weighted by atomic mass is 32.1. The summed E-state index contributed by atoms with van der Waals surface area (Å²) in [5, 5.41) is 4.03. The highest BCUT2D eigenvalue weighted by molar-refractivity contribution is 7.34. The number of para-hydroxylation sites is 2. The van der Waals surface area contributed by atoms with Crippen molar-refractivity contribution in [3.63, 3.8) is 0 Å². The Labute approximate surface area is 257 Å². The summed E-state index contributed by atoms with van der Waals surface area (Å²) in [7, 11) is 0. The molecule has 0 unspecified atom stereocenters. The number of nitrogens with zero attached hydrogens (tertiary/aromatic N) is 1. The third-order valence-electron chi connectivity index (χ3n) is 9.93. The normalized spacial score (nSPS) is 13.8. The van der Waals surface area contributed by atoms with Gasteiger partial charge in [-0.05, 0) is 84.7 Å². The Morgan fingerprint density at radius 2 is 1.23 bits per heavy atom. The summed E-state index contributed by atoms with van der Waals surface area (Å²) in [5.41, 5.74) is 15.5. The molecule has 0 fully saturated rings. The Morgan fingerprint density at radius 3 is 1.91 bits per heavy atom. The lowest BCUT2D eigenvalue weighted by Gasteiger charge is -2.22. The average Bonchev–Trinajstić information content (AvgIpc) is 3.69. The molecule has 0 saturated carbocycles. The third-order valence-corrected chi connectivity index (χ3v) is 11.1. The van der Waals surface area contributed by atoms with Crippen LogP contribution in [0.3, 0.4) is 0 Å². The van der Waals surface area contributed by atoms with Crippen LogP contribution in [0.4, 0.5) is 0 Å². The quantitative estimate of drug-likeness (QED) is 0.173. The SMILES string of the molecule is CC(C)(C)c1cc2c3c(c1)-c1c(sc4cc(C(C)(C)C)ccc14)B3c1ccc(-n3c4ccccc4c4ccccc43)cc1-2. The zero-order valence-corrected chi connectivity index (χ0v) is 26.5. The Morgan fingerprint density at radius 1 is 0.581 bits per heavy atom. The highest BCUT2D eigenvalue weighted by Gasteiger charge is 2.44. The van der Waals surface area contributed by atoms with Gasteiger partial charge in [0.1, 0.15) is 0 Å². The van der Waals surface area contributed by atoms with Gasteiger partial charge in [-0.1, -0.05) is 119 Å². The van der Waals surface area contributed by atoms with Crippen molar-refractivity contribution in [2.75, 3.05) is 0 Å². The fourth-order valence-electron chi connectivity index (χ4n) is 7.69. The summed E-state index contributed by atoms with van der Waals surface area (Å²) in [6.45, 7) is 14.3. The topological polar surface area (TPSA) is 4.93 Å². The van der Waals surface area contributed by atoms with Crippen molar-refractivity contribution in [2.24, 2.45) is 0 Å². The second kappa shape index (κ2) is 8.30. The van der Waals surface area contributed by atoms with Crippen molar-refractivity contribution in [1.82, 2.24) is 4.57 Å². The molecule has 0 N–H and O–H groups in total. The lowest BCUT2D eigenvalue weighted by atomic mass is 9.44. The van der Waals surface area contributed by atoms with Gasteiger partial charge in [0, 0.05) is 21.2 Å². The molecule has 9 rings (SSSR count). The molecule has 2 aromatic heterocycles. The molecule has 43 heavy (non-hydrogen) atoms. The van der Waals surface area contributed by atoms with Crippen molar-refractivity contribution in [3.05, 3.63) is 108 Å². The number of thiophene rings is 1. The van der Waals surface area contributed by atoms with Gasteiger partial charge >= 0.3 is 0 Å². The van der Waals surface area contributed by atoms with Crippen LogP contribution in [-0.2, 0) is 10.8 Å². The van der Waals surface area contributed by atoms with Crippen LogP contribution >= 0.6 is 11.3 Å². The molecule has 4 heterocycles. The van der Waals surface area contributed by atoms with E-state index in [9.17, 15) is 0 Å². The predicted octanol–water partition coefficient (Wildman–Crippen LogP) is 9.07. The van der Waals surface area contributed by atoms with Gasteiger partial charge < -0.3 is 4.57 Å². The van der Waals surface area contributed by atoms with E-state index in [1.54, 1.807) is 0 Å². The van der Waals surface area contributed by atoms with Crippen LogP contribution in [0.25, 0.3) is 59.8 Å². The summed E-state index contributed by atoms with van der Waals surface area (Å²) >= 11 is 2.02. The summed E-state index contributed by atoms with van der Waals surface area (Å²) in [5.74, 6) is 0. The first-order chi connectivity index (χ1) is 20.6. The largest absolute Gasteiger partial charge is 0.309 e. The Bertz CT molecular complexity index is 2260. The molecule has 0 atom stereocenters. The van der Waals surface area contributed by atoms with E-state index >= 15 is 0 Å². The monoisotopic (exact) mass is 571 g/mol. The van der Waals surface area contributed by atoms with E-state index in [-0.39, 0.29) is 10.8 Å². The lowest BCUT2D eigenvalue weighted by molar-refractivity contribution is 0.590. The molecule has 208 valence electrons. The van der Waals surface area contributed by atoms with Gasteiger partial charge in [0.25, 0.3) is 6.71 Å². The Hall–Kier alpha value is -4.08. The van der Waals surface area contributed by atoms with E-state index in [1.165, 1.54) is 86.7 Å². The fourth-order valence-corrected chi connectivity index (χ4v) is 9.07. The lowest BCUT2D eigenvalue weighted by Crippen LogP contribution is -2.44. The third kappa shape index (κ3) is 3.40. The number of hydrogen-bond acceptors (Lipinski definition) is 1. The molecule has 0 saturated heterocycles. The van der Waals surface area contributed by atoms with Crippen molar-refractivity contribution < 1.29 is 0 Å². The first kappa shape index (κ1) is 25.4. The minimum Gasteiger partial charge on any atom is -0.309 e. The van der Waals surface area contributed by atoms with Crippen LogP contribution in [0.15, 0.2) is 97.1 Å². The van der Waals surface area contributed by atoms with Crippen LogP contribution in [0.1, 0.15) is 52.7 Å². The molecular formula is C40H34BNS. The van der Waals surface area contributed by atoms with E-state index in [0.29, 0.717) is 6.71 Å². The van der Waals surface area contributed by atoms with E-state index < -0.39 is 0 Å². The van der Waals surface area contributed by atoms with Gasteiger partial charge in [-0.2, -0.15) is 0 Å². The van der Waals surface area contributed by atoms with E-state index in [1.807, 2.05) is 11.3 Å². The first-order valence-corrected chi connectivity index (χ1v) is 16.3. The van der Waals surface area contributed by atoms with Gasteiger partial charge in [-0.3, -0.25) is 0 Å². The Balaban J connectivity index is 1.32. The number of benzene rings is 5. The second-order valence-corrected chi connectivity index (χ2v) is 15.7. The van der Waals surface area contributed by atoms with Crippen molar-refractivity contribution in [2.45, 2.75) is 52.4 Å². The maximum absolute atomic E-state index is 2.52. The minimum absolute atomic E-state index is 0.0577. The fraction of sp³-hybridized carbons (Fsp3) is 0.200. The van der Waals surface area contributed by atoms with Gasteiger partial charge in [-0.25, -0.2) is 0 Å². The molecule has 0 bridgehead atoms. The van der Waals surface area contributed by atoms with Crippen LogP contribution in [-0.4, -0.2) is 11.3 Å². The minimum atomic E-state index is 0.0577. The number of fused-ring (bicyclic) bond motifs is 11. The van der Waals surface area contributed by atoms with Gasteiger partial charge in [-0.15, -0.1) is 11.3 Å². The van der Waals surface area contributed by atoms with Crippen LogP contribution < -0.4 is 15.7 Å². The maximum Gasteiger partial charge on any atom is 0.256 e. The summed E-state index contributed by atoms with van der Waals surface area (Å²) in [6.07, 6.45) is 0. The summed E-state index contributed by atoms with van der Waals surface area (Å²) < 4.78 is 5.39. The van der Waals surface area contributed by atoms with Gasteiger partial charge in [0.15, 0.2) is 0 Å². The summed E-state index contributed by atoms with van der Waals surface area (Å²) in [6, 6.07) is 37.1. The number of hydrogen-bond donors (Lipinski definition) is 0. The highest BCUT2D eigenvalue weighted by Crippen LogP contribution is 2.44. The van der Waals surface area contributed by atoms with Crippen LogP contribution in [0.5, 0.6) is 0 Å². The molecule has 0 radical (unpaired) electrons. The zero-order valence-electron chi connectivity index (χ0n) is 25.7. The van der Waals surface area contributed by atoms with Gasteiger partial charge in [0.2, 0.25) is 0 Å². The predicted molar refractivity (Wildman–Crippen MR) is 189 cm³/mol. The van der Waals surface area contributed by atoms with E-state index in [2.05, 4.69) is 143 Å². The second-order valence-electron chi connectivity index (χ2n) is 14.6. The van der Waals surface area contributed by atoms with E-state index in [0.717, 1.165) is 0 Å². The van der Waals surface area contributed by atoms with Crippen LogP contribution in [0.2, 0.25) is 0 Å². The average molecular weight is 572 g/mol. The molecule has 7 aromatic rings. The molecule has 5 aromatic carbocycles. The summed E-state index contributed by atoms with van der Waals surface area (Å²) in [4.78, 5) is 0. The molecule has 2 aliphatic rings. The Kier molecular flexibility index (Phi) is 4.91. The van der Waals surface area contributed by atoms with Gasteiger partial charge in [0.05, 0.1) is 11.0 Å². The molecule has 3 heteroatoms. The molecule has 0 amide bonds. The van der Waals surface area contributed by atoms with E-state index in [4.69, 9.17) is 0 Å². The smallest absolute Gasteiger partial charge is 0.256 e. The molecule has 0 aliphatic carbocycles. The number of aromatic nitrogens is 1. The first-order valence-electron chi connectivity index (χ1n) is 15.5. The molecule has 1 nitrogen and oxygen atoms in total. The standard InChI is InChI=1S/C40H34BNS/c1-39(2,3)23-15-17-28-35(21-23)43-38-36(28)31-20-24(40(4,5)6)19-30-29-22-25(16-18-32(29)41(38)37(30)31)42-33-13-9-7-11-26(33)27-12-8-10-14-34(27)42/h7-22H,1-6H3.